The van der Waals surface area contributed by atoms with E-state index in [2.05, 4.69) is 12.2 Å². The number of carbonyl (C=O) groups is 1. The van der Waals surface area contributed by atoms with E-state index in [0.29, 0.717) is 18.4 Å². The number of amides is 1. The molecule has 2 fully saturated rings. The molecule has 2 rings (SSSR count). The average molecular weight is 210 g/mol. The highest BCUT2D eigenvalue weighted by molar-refractivity contribution is 5.77. The van der Waals surface area contributed by atoms with E-state index < -0.39 is 0 Å². The first-order valence-corrected chi connectivity index (χ1v) is 6.17. The monoisotopic (exact) mass is 210 g/mol. The fourth-order valence-electron chi connectivity index (χ4n) is 2.53. The minimum absolute atomic E-state index is 0.161. The molecule has 2 atom stereocenters. The van der Waals surface area contributed by atoms with Crippen molar-refractivity contribution in [1.29, 1.82) is 0 Å². The van der Waals surface area contributed by atoms with Gasteiger partial charge in [-0.3, -0.25) is 4.79 Å². The van der Waals surface area contributed by atoms with Crippen molar-refractivity contribution in [3.63, 3.8) is 0 Å². The van der Waals surface area contributed by atoms with Gasteiger partial charge in [0, 0.05) is 18.0 Å². The van der Waals surface area contributed by atoms with Crippen molar-refractivity contribution in [3.05, 3.63) is 0 Å². The lowest BCUT2D eigenvalue weighted by Gasteiger charge is -2.32. The van der Waals surface area contributed by atoms with Crippen molar-refractivity contribution in [2.75, 3.05) is 0 Å². The number of nitrogens with two attached hydrogens (primary N) is 1. The van der Waals surface area contributed by atoms with Crippen LogP contribution < -0.4 is 11.1 Å². The maximum Gasteiger partial charge on any atom is 0.222 e. The first-order valence-electron chi connectivity index (χ1n) is 6.17. The van der Waals surface area contributed by atoms with Crippen LogP contribution in [-0.2, 0) is 4.79 Å². The van der Waals surface area contributed by atoms with E-state index in [9.17, 15) is 4.79 Å². The Hall–Kier alpha value is -0.570. The maximum atomic E-state index is 11.7. The van der Waals surface area contributed by atoms with E-state index >= 15 is 0 Å². The molecule has 0 spiro atoms. The molecule has 2 saturated carbocycles. The highest BCUT2D eigenvalue weighted by atomic mass is 16.1. The van der Waals surface area contributed by atoms with Crippen molar-refractivity contribution in [2.24, 2.45) is 11.7 Å². The van der Waals surface area contributed by atoms with Crippen molar-refractivity contribution in [1.82, 2.24) is 5.32 Å². The Labute approximate surface area is 91.8 Å². The number of rotatable bonds is 3. The molecule has 3 heteroatoms. The van der Waals surface area contributed by atoms with Crippen LogP contribution in [0, 0.1) is 5.92 Å². The van der Waals surface area contributed by atoms with E-state index in [0.717, 1.165) is 19.3 Å². The van der Waals surface area contributed by atoms with Gasteiger partial charge in [-0.05, 0) is 25.2 Å². The van der Waals surface area contributed by atoms with Crippen LogP contribution in [0.3, 0.4) is 0 Å². The zero-order valence-electron chi connectivity index (χ0n) is 9.59. The second-order valence-corrected chi connectivity index (χ2v) is 5.49. The first kappa shape index (κ1) is 10.9. The normalized spacial score (nSPS) is 33.5. The summed E-state index contributed by atoms with van der Waals surface area (Å²) in [6.45, 7) is 2.17. The quantitative estimate of drug-likeness (QED) is 0.742. The molecule has 0 heterocycles. The lowest BCUT2D eigenvalue weighted by molar-refractivity contribution is -0.122. The SMILES string of the molecule is CC1CC1NC(=O)CC1(N)CCCCC1. The van der Waals surface area contributed by atoms with Gasteiger partial charge in [-0.1, -0.05) is 26.2 Å². The lowest BCUT2D eigenvalue weighted by atomic mass is 9.80. The third-order valence-electron chi connectivity index (χ3n) is 3.82. The lowest BCUT2D eigenvalue weighted by Crippen LogP contribution is -2.46. The Morgan fingerprint density at radius 3 is 2.53 bits per heavy atom. The Balaban J connectivity index is 1.76. The van der Waals surface area contributed by atoms with Gasteiger partial charge in [0.25, 0.3) is 0 Å². The molecule has 0 saturated heterocycles. The van der Waals surface area contributed by atoms with Gasteiger partial charge in [0.05, 0.1) is 0 Å². The summed E-state index contributed by atoms with van der Waals surface area (Å²) < 4.78 is 0. The van der Waals surface area contributed by atoms with Crippen LogP contribution in [0.2, 0.25) is 0 Å². The van der Waals surface area contributed by atoms with Crippen molar-refractivity contribution >= 4 is 5.91 Å². The van der Waals surface area contributed by atoms with E-state index in [1.807, 2.05) is 0 Å². The molecule has 2 unspecified atom stereocenters. The zero-order chi connectivity index (χ0) is 10.9. The minimum atomic E-state index is -0.208. The Bertz CT molecular complexity index is 246. The number of hydrogen-bond acceptors (Lipinski definition) is 2. The molecule has 2 aliphatic carbocycles. The summed E-state index contributed by atoms with van der Waals surface area (Å²) in [5, 5.41) is 3.06. The molecule has 0 aromatic heterocycles. The topological polar surface area (TPSA) is 55.1 Å². The Kier molecular flexibility index (Phi) is 3.01. The molecule has 3 N–H and O–H groups in total. The van der Waals surface area contributed by atoms with Gasteiger partial charge in [-0.15, -0.1) is 0 Å². The van der Waals surface area contributed by atoms with Crippen molar-refractivity contribution in [3.8, 4) is 0 Å². The standard InChI is InChI=1S/C12H22N2O/c1-9-7-10(9)14-11(15)8-12(13)5-3-2-4-6-12/h9-10H,2-8,13H2,1H3,(H,14,15). The molecule has 86 valence electrons. The minimum Gasteiger partial charge on any atom is -0.353 e. The van der Waals surface area contributed by atoms with Gasteiger partial charge in [-0.2, -0.15) is 0 Å². The van der Waals surface area contributed by atoms with Crippen molar-refractivity contribution < 1.29 is 4.79 Å². The summed E-state index contributed by atoms with van der Waals surface area (Å²) >= 11 is 0. The number of nitrogens with one attached hydrogen (secondary N) is 1. The highest BCUT2D eigenvalue weighted by Gasteiger charge is 2.36. The highest BCUT2D eigenvalue weighted by Crippen LogP contribution is 2.31. The third kappa shape index (κ3) is 2.94. The number of hydrogen-bond donors (Lipinski definition) is 2. The van der Waals surface area contributed by atoms with Crippen LogP contribution >= 0.6 is 0 Å². The summed E-state index contributed by atoms with van der Waals surface area (Å²) in [6.07, 6.45) is 7.34. The molecule has 0 aromatic carbocycles. The molecule has 2 aliphatic rings. The van der Waals surface area contributed by atoms with Crippen LogP contribution in [-0.4, -0.2) is 17.5 Å². The molecule has 15 heavy (non-hydrogen) atoms. The molecular formula is C12H22N2O. The van der Waals surface area contributed by atoms with Crippen LogP contribution in [0.15, 0.2) is 0 Å². The second kappa shape index (κ2) is 4.12. The van der Waals surface area contributed by atoms with Gasteiger partial charge in [-0.25, -0.2) is 0 Å². The van der Waals surface area contributed by atoms with Crippen LogP contribution in [0.25, 0.3) is 0 Å². The zero-order valence-corrected chi connectivity index (χ0v) is 9.59. The van der Waals surface area contributed by atoms with E-state index in [1.165, 1.54) is 19.3 Å². The summed E-state index contributed by atoms with van der Waals surface area (Å²) in [5.74, 6) is 0.836. The predicted molar refractivity (Wildman–Crippen MR) is 60.3 cm³/mol. The van der Waals surface area contributed by atoms with Crippen LogP contribution in [0.5, 0.6) is 0 Å². The molecule has 0 aliphatic heterocycles. The van der Waals surface area contributed by atoms with Gasteiger partial charge < -0.3 is 11.1 Å². The summed E-state index contributed by atoms with van der Waals surface area (Å²) in [6, 6.07) is 0.435. The molecule has 0 bridgehead atoms. The third-order valence-corrected chi connectivity index (χ3v) is 3.82. The summed E-state index contributed by atoms with van der Waals surface area (Å²) in [7, 11) is 0. The average Bonchev–Trinajstić information content (AvgIpc) is 2.81. The summed E-state index contributed by atoms with van der Waals surface area (Å²) in [4.78, 5) is 11.7. The fraction of sp³-hybridized carbons (Fsp3) is 0.917. The first-order chi connectivity index (χ1) is 7.09. The van der Waals surface area contributed by atoms with Gasteiger partial charge >= 0.3 is 0 Å². The van der Waals surface area contributed by atoms with Crippen LogP contribution in [0.1, 0.15) is 51.9 Å². The molecular weight excluding hydrogens is 188 g/mol. The maximum absolute atomic E-state index is 11.7. The molecule has 0 aromatic rings. The Morgan fingerprint density at radius 1 is 1.40 bits per heavy atom. The smallest absolute Gasteiger partial charge is 0.222 e. The van der Waals surface area contributed by atoms with Gasteiger partial charge in [0.2, 0.25) is 5.91 Å². The second-order valence-electron chi connectivity index (χ2n) is 5.49. The fourth-order valence-corrected chi connectivity index (χ4v) is 2.53. The van der Waals surface area contributed by atoms with E-state index in [1.54, 1.807) is 0 Å². The van der Waals surface area contributed by atoms with E-state index in [-0.39, 0.29) is 11.4 Å². The van der Waals surface area contributed by atoms with Crippen LogP contribution in [0.4, 0.5) is 0 Å². The molecule has 3 nitrogen and oxygen atoms in total. The summed E-state index contributed by atoms with van der Waals surface area (Å²) in [5.41, 5.74) is 6.02. The van der Waals surface area contributed by atoms with Gasteiger partial charge in [0.15, 0.2) is 0 Å². The molecule has 0 radical (unpaired) electrons. The van der Waals surface area contributed by atoms with E-state index in [4.69, 9.17) is 5.73 Å². The largest absolute Gasteiger partial charge is 0.353 e. The molecule has 1 amide bonds. The Morgan fingerprint density at radius 2 is 2.00 bits per heavy atom. The van der Waals surface area contributed by atoms with Gasteiger partial charge in [0.1, 0.15) is 0 Å². The number of carbonyl (C=O) groups excluding carboxylic acids is 1. The van der Waals surface area contributed by atoms with Crippen molar-refractivity contribution in [2.45, 2.75) is 63.5 Å². The predicted octanol–water partition coefficient (Wildman–Crippen LogP) is 1.56.